The van der Waals surface area contributed by atoms with E-state index in [0.717, 1.165) is 25.9 Å². The number of alkyl halides is 3. The Balaban J connectivity index is 2.17. The molecular weight excluding hydrogens is 184 g/mol. The predicted octanol–water partition coefficient (Wildman–Crippen LogP) is 2.20. The van der Waals surface area contributed by atoms with Crippen molar-refractivity contribution in [3.05, 3.63) is 0 Å². The fourth-order valence-corrected chi connectivity index (χ4v) is 1.83. The summed E-state index contributed by atoms with van der Waals surface area (Å²) in [4.78, 5) is 1.81. The molecule has 0 N–H and O–H groups in total. The van der Waals surface area contributed by atoms with Gasteiger partial charge in [-0.15, -0.1) is 11.6 Å². The van der Waals surface area contributed by atoms with Crippen molar-refractivity contribution in [3.8, 4) is 0 Å². The molecule has 12 heavy (non-hydrogen) atoms. The van der Waals surface area contributed by atoms with Gasteiger partial charge in [-0.1, -0.05) is 0 Å². The van der Waals surface area contributed by atoms with E-state index in [4.69, 9.17) is 11.6 Å². The number of rotatable bonds is 3. The van der Waals surface area contributed by atoms with E-state index in [1.165, 1.54) is 0 Å². The predicted molar refractivity (Wildman–Crippen MR) is 45.9 cm³/mol. The van der Waals surface area contributed by atoms with Gasteiger partial charge in [0.25, 0.3) is 6.43 Å². The monoisotopic (exact) mass is 197 g/mol. The van der Waals surface area contributed by atoms with Crippen LogP contribution in [0.25, 0.3) is 0 Å². The van der Waals surface area contributed by atoms with Crippen LogP contribution in [0.15, 0.2) is 0 Å². The Hall–Kier alpha value is 0.110. The molecule has 0 spiro atoms. The quantitative estimate of drug-likeness (QED) is 0.627. The summed E-state index contributed by atoms with van der Waals surface area (Å²) in [6.45, 7) is 1.48. The van der Waals surface area contributed by atoms with Crippen molar-refractivity contribution >= 4 is 11.6 Å². The van der Waals surface area contributed by atoms with E-state index >= 15 is 0 Å². The number of hydrogen-bond donors (Lipinski definition) is 0. The molecular formula is C8H14ClF2N. The molecule has 1 fully saturated rings. The van der Waals surface area contributed by atoms with Crippen LogP contribution in [-0.2, 0) is 0 Å². The second kappa shape index (κ2) is 4.97. The van der Waals surface area contributed by atoms with Crippen LogP contribution in [0.5, 0.6) is 0 Å². The Morgan fingerprint density at radius 1 is 1.33 bits per heavy atom. The third-order valence-corrected chi connectivity index (χ3v) is 2.76. The van der Waals surface area contributed by atoms with Gasteiger partial charge in [0.05, 0.1) is 6.54 Å². The maximum absolute atomic E-state index is 11.9. The number of piperidine rings is 1. The van der Waals surface area contributed by atoms with Gasteiger partial charge in [-0.05, 0) is 31.8 Å². The number of hydrogen-bond acceptors (Lipinski definition) is 1. The topological polar surface area (TPSA) is 3.24 Å². The molecule has 72 valence electrons. The zero-order chi connectivity index (χ0) is 8.97. The molecule has 0 bridgehead atoms. The Bertz CT molecular complexity index is 124. The maximum Gasteiger partial charge on any atom is 0.251 e. The third-order valence-electron chi connectivity index (χ3n) is 2.32. The highest BCUT2D eigenvalue weighted by Gasteiger charge is 2.20. The van der Waals surface area contributed by atoms with Crippen LogP contribution in [0.2, 0.25) is 0 Å². The number of likely N-dealkylation sites (tertiary alicyclic amines) is 1. The van der Waals surface area contributed by atoms with Crippen LogP contribution >= 0.6 is 11.6 Å². The Morgan fingerprint density at radius 3 is 2.33 bits per heavy atom. The van der Waals surface area contributed by atoms with Crippen LogP contribution in [0.4, 0.5) is 8.78 Å². The zero-order valence-electron chi connectivity index (χ0n) is 6.98. The summed E-state index contributed by atoms with van der Waals surface area (Å²) >= 11 is 5.67. The van der Waals surface area contributed by atoms with Crippen LogP contribution < -0.4 is 0 Å². The summed E-state index contributed by atoms with van der Waals surface area (Å²) in [5.41, 5.74) is 0. The highest BCUT2D eigenvalue weighted by molar-refractivity contribution is 6.18. The van der Waals surface area contributed by atoms with Crippen molar-refractivity contribution in [2.75, 3.05) is 25.5 Å². The normalized spacial score (nSPS) is 22.0. The van der Waals surface area contributed by atoms with E-state index in [0.29, 0.717) is 11.8 Å². The second-order valence-corrected chi connectivity index (χ2v) is 3.60. The lowest BCUT2D eigenvalue weighted by Gasteiger charge is -2.30. The van der Waals surface area contributed by atoms with Crippen molar-refractivity contribution < 1.29 is 8.78 Å². The molecule has 1 saturated heterocycles. The Morgan fingerprint density at radius 2 is 1.92 bits per heavy atom. The Labute approximate surface area is 76.7 Å². The maximum atomic E-state index is 11.9. The lowest BCUT2D eigenvalue weighted by molar-refractivity contribution is 0.0712. The van der Waals surface area contributed by atoms with E-state index in [1.54, 1.807) is 0 Å². The van der Waals surface area contributed by atoms with Crippen molar-refractivity contribution in [1.82, 2.24) is 4.90 Å². The first-order chi connectivity index (χ1) is 5.72. The largest absolute Gasteiger partial charge is 0.298 e. The van der Waals surface area contributed by atoms with E-state index in [1.807, 2.05) is 4.90 Å². The first-order valence-corrected chi connectivity index (χ1v) is 4.82. The van der Waals surface area contributed by atoms with Gasteiger partial charge in [0.2, 0.25) is 0 Å². The zero-order valence-corrected chi connectivity index (χ0v) is 7.73. The van der Waals surface area contributed by atoms with Crippen molar-refractivity contribution in [3.63, 3.8) is 0 Å². The summed E-state index contributed by atoms with van der Waals surface area (Å²) < 4.78 is 23.9. The number of nitrogens with zero attached hydrogens (tertiary/aromatic N) is 1. The molecule has 0 unspecified atom stereocenters. The minimum Gasteiger partial charge on any atom is -0.298 e. The molecule has 4 heteroatoms. The van der Waals surface area contributed by atoms with Crippen molar-refractivity contribution in [2.45, 2.75) is 19.3 Å². The summed E-state index contributed by atoms with van der Waals surface area (Å²) in [6, 6.07) is 0. The lowest BCUT2D eigenvalue weighted by Crippen LogP contribution is -2.37. The third kappa shape index (κ3) is 3.23. The summed E-state index contributed by atoms with van der Waals surface area (Å²) in [6.07, 6.45) is -0.260. The smallest absolute Gasteiger partial charge is 0.251 e. The standard InChI is InChI=1S/C8H14ClF2N/c9-5-7-1-3-12(4-2-7)6-8(10)11/h7-8H,1-6H2. The van der Waals surface area contributed by atoms with Gasteiger partial charge in [0.1, 0.15) is 0 Å². The second-order valence-electron chi connectivity index (χ2n) is 3.29. The van der Waals surface area contributed by atoms with Gasteiger partial charge in [-0.2, -0.15) is 0 Å². The average Bonchev–Trinajstić information content (AvgIpc) is 2.05. The van der Waals surface area contributed by atoms with E-state index < -0.39 is 6.43 Å². The van der Waals surface area contributed by atoms with Crippen LogP contribution in [0.3, 0.4) is 0 Å². The molecule has 1 nitrogen and oxygen atoms in total. The van der Waals surface area contributed by atoms with Gasteiger partial charge in [-0.3, -0.25) is 4.90 Å². The van der Waals surface area contributed by atoms with E-state index in [-0.39, 0.29) is 6.54 Å². The van der Waals surface area contributed by atoms with Crippen LogP contribution in [0, 0.1) is 5.92 Å². The van der Waals surface area contributed by atoms with Gasteiger partial charge in [0.15, 0.2) is 0 Å². The molecule has 0 atom stereocenters. The molecule has 0 aliphatic carbocycles. The minimum absolute atomic E-state index is 0.0744. The van der Waals surface area contributed by atoms with Gasteiger partial charge in [0, 0.05) is 5.88 Å². The average molecular weight is 198 g/mol. The molecule has 1 aliphatic rings. The summed E-state index contributed by atoms with van der Waals surface area (Å²) in [5, 5.41) is 0. The first-order valence-electron chi connectivity index (χ1n) is 4.29. The summed E-state index contributed by atoms with van der Waals surface area (Å²) in [7, 11) is 0. The van der Waals surface area contributed by atoms with Crippen LogP contribution in [0.1, 0.15) is 12.8 Å². The molecule has 0 amide bonds. The molecule has 0 aromatic heterocycles. The molecule has 1 heterocycles. The highest BCUT2D eigenvalue weighted by Crippen LogP contribution is 2.18. The number of halogens is 3. The van der Waals surface area contributed by atoms with E-state index in [2.05, 4.69) is 0 Å². The van der Waals surface area contributed by atoms with Gasteiger partial charge in [-0.25, -0.2) is 8.78 Å². The van der Waals surface area contributed by atoms with Crippen LogP contribution in [-0.4, -0.2) is 36.8 Å². The van der Waals surface area contributed by atoms with E-state index in [9.17, 15) is 8.78 Å². The van der Waals surface area contributed by atoms with Gasteiger partial charge >= 0.3 is 0 Å². The SMILES string of the molecule is FC(F)CN1CCC(CCl)CC1. The highest BCUT2D eigenvalue weighted by atomic mass is 35.5. The van der Waals surface area contributed by atoms with Crippen molar-refractivity contribution in [1.29, 1.82) is 0 Å². The molecule has 1 aliphatic heterocycles. The minimum atomic E-state index is -2.20. The molecule has 1 rings (SSSR count). The first kappa shape index (κ1) is 10.2. The lowest BCUT2D eigenvalue weighted by atomic mass is 9.99. The molecule has 0 radical (unpaired) electrons. The Kier molecular flexibility index (Phi) is 4.22. The molecule has 0 aromatic carbocycles. The van der Waals surface area contributed by atoms with Crippen molar-refractivity contribution in [2.24, 2.45) is 5.92 Å². The summed E-state index contributed by atoms with van der Waals surface area (Å²) in [5.74, 6) is 1.21. The fraction of sp³-hybridized carbons (Fsp3) is 1.00. The molecule has 0 aromatic rings. The molecule has 0 saturated carbocycles. The fourth-order valence-electron chi connectivity index (χ4n) is 1.52. The van der Waals surface area contributed by atoms with Gasteiger partial charge < -0.3 is 0 Å².